The Bertz CT molecular complexity index is 884. The molecule has 6 nitrogen and oxygen atoms in total. The Labute approximate surface area is 162 Å². The van der Waals surface area contributed by atoms with E-state index in [0.29, 0.717) is 36.6 Å². The molecule has 1 aromatic carbocycles. The van der Waals surface area contributed by atoms with Crippen LogP contribution in [0.4, 0.5) is 0 Å². The second kappa shape index (κ2) is 7.74. The SMILES string of the molecule is COc1cn(CC(=O)N2CCC(O)(c3ccc(Cl)cc3)CC2)c(C)cc1=O. The first kappa shape index (κ1) is 19.5. The summed E-state index contributed by atoms with van der Waals surface area (Å²) in [6.07, 6.45) is 2.49. The van der Waals surface area contributed by atoms with Crippen LogP contribution in [0.15, 0.2) is 41.3 Å². The molecule has 1 N–H and O–H groups in total. The van der Waals surface area contributed by atoms with E-state index in [4.69, 9.17) is 16.3 Å². The van der Waals surface area contributed by atoms with E-state index < -0.39 is 5.60 Å². The number of rotatable bonds is 4. The summed E-state index contributed by atoms with van der Waals surface area (Å²) >= 11 is 5.92. The number of carbonyl (C=O) groups excluding carboxylic acids is 1. The van der Waals surface area contributed by atoms with Crippen molar-refractivity contribution in [3.8, 4) is 5.75 Å². The van der Waals surface area contributed by atoms with E-state index in [1.807, 2.05) is 12.1 Å². The number of hydrogen-bond donors (Lipinski definition) is 1. The van der Waals surface area contributed by atoms with Gasteiger partial charge >= 0.3 is 0 Å². The first-order valence-electron chi connectivity index (χ1n) is 8.84. The number of likely N-dealkylation sites (tertiary alicyclic amines) is 1. The zero-order valence-corrected chi connectivity index (χ0v) is 16.2. The van der Waals surface area contributed by atoms with Gasteiger partial charge < -0.3 is 19.3 Å². The minimum atomic E-state index is -0.947. The number of aliphatic hydroxyl groups is 1. The maximum Gasteiger partial charge on any atom is 0.242 e. The van der Waals surface area contributed by atoms with E-state index in [1.165, 1.54) is 13.2 Å². The van der Waals surface area contributed by atoms with Crippen LogP contribution < -0.4 is 10.2 Å². The zero-order valence-electron chi connectivity index (χ0n) is 15.4. The lowest BCUT2D eigenvalue weighted by Crippen LogP contribution is -2.46. The van der Waals surface area contributed by atoms with Crippen LogP contribution in [-0.4, -0.2) is 40.7 Å². The average Bonchev–Trinajstić information content (AvgIpc) is 2.65. The van der Waals surface area contributed by atoms with E-state index in [9.17, 15) is 14.7 Å². The normalized spacial score (nSPS) is 16.2. The van der Waals surface area contributed by atoms with E-state index in [0.717, 1.165) is 5.56 Å². The Balaban J connectivity index is 1.67. The molecule has 0 aliphatic carbocycles. The Morgan fingerprint density at radius 3 is 2.48 bits per heavy atom. The van der Waals surface area contributed by atoms with Crippen molar-refractivity contribution in [1.82, 2.24) is 9.47 Å². The van der Waals surface area contributed by atoms with Crippen molar-refractivity contribution in [2.45, 2.75) is 31.9 Å². The van der Waals surface area contributed by atoms with Crippen molar-refractivity contribution in [3.63, 3.8) is 0 Å². The third-order valence-electron chi connectivity index (χ3n) is 5.16. The van der Waals surface area contributed by atoms with Crippen molar-refractivity contribution in [3.05, 3.63) is 63.0 Å². The number of aryl methyl sites for hydroxylation is 1. The first-order valence-corrected chi connectivity index (χ1v) is 9.21. The quantitative estimate of drug-likeness (QED) is 0.869. The molecule has 2 aromatic rings. The van der Waals surface area contributed by atoms with Gasteiger partial charge in [0, 0.05) is 29.9 Å². The summed E-state index contributed by atoms with van der Waals surface area (Å²) in [5.41, 5.74) is 0.367. The van der Waals surface area contributed by atoms with Gasteiger partial charge in [-0.3, -0.25) is 9.59 Å². The number of halogens is 1. The summed E-state index contributed by atoms with van der Waals surface area (Å²) in [6, 6.07) is 8.64. The summed E-state index contributed by atoms with van der Waals surface area (Å²) in [6.45, 7) is 2.84. The molecule has 0 unspecified atom stereocenters. The molecule has 1 amide bonds. The molecule has 0 radical (unpaired) electrons. The second-order valence-corrected chi connectivity index (χ2v) is 7.33. The van der Waals surface area contributed by atoms with Crippen molar-refractivity contribution >= 4 is 17.5 Å². The van der Waals surface area contributed by atoms with Gasteiger partial charge in [0.2, 0.25) is 11.3 Å². The van der Waals surface area contributed by atoms with Gasteiger partial charge in [0.05, 0.1) is 18.9 Å². The molecule has 0 atom stereocenters. The van der Waals surface area contributed by atoms with Crippen LogP contribution in [0.25, 0.3) is 0 Å². The number of aromatic nitrogens is 1. The topological polar surface area (TPSA) is 71.8 Å². The number of amides is 1. The molecule has 0 saturated carbocycles. The zero-order chi connectivity index (χ0) is 19.6. The van der Waals surface area contributed by atoms with Crippen molar-refractivity contribution in [2.75, 3.05) is 20.2 Å². The number of nitrogens with zero attached hydrogens (tertiary/aromatic N) is 2. The summed E-state index contributed by atoms with van der Waals surface area (Å²) in [7, 11) is 1.43. The van der Waals surface area contributed by atoms with Crippen LogP contribution in [-0.2, 0) is 16.9 Å². The van der Waals surface area contributed by atoms with E-state index in [-0.39, 0.29) is 23.6 Å². The monoisotopic (exact) mass is 390 g/mol. The lowest BCUT2D eigenvalue weighted by Gasteiger charge is -2.38. The molecule has 3 rings (SSSR count). The van der Waals surface area contributed by atoms with Crippen LogP contribution in [0.3, 0.4) is 0 Å². The number of ether oxygens (including phenoxy) is 1. The van der Waals surface area contributed by atoms with Gasteiger partial charge in [0.25, 0.3) is 0 Å². The standard InChI is InChI=1S/C20H23ClN2O4/c1-14-11-17(24)18(27-2)12-23(14)13-19(25)22-9-7-20(26,8-10-22)15-3-5-16(21)6-4-15/h3-6,11-12,26H,7-10,13H2,1-2H3. The summed E-state index contributed by atoms with van der Waals surface area (Å²) < 4.78 is 6.76. The molecule has 2 heterocycles. The number of methoxy groups -OCH3 is 1. The minimum absolute atomic E-state index is 0.0537. The molecule has 0 spiro atoms. The highest BCUT2D eigenvalue weighted by atomic mass is 35.5. The van der Waals surface area contributed by atoms with Gasteiger partial charge in [-0.2, -0.15) is 0 Å². The second-order valence-electron chi connectivity index (χ2n) is 6.89. The van der Waals surface area contributed by atoms with Crippen molar-refractivity contribution in [2.24, 2.45) is 0 Å². The molecular weight excluding hydrogens is 368 g/mol. The molecule has 0 bridgehead atoms. The van der Waals surface area contributed by atoms with E-state index >= 15 is 0 Å². The highest BCUT2D eigenvalue weighted by Gasteiger charge is 2.35. The summed E-state index contributed by atoms with van der Waals surface area (Å²) in [5, 5.41) is 11.6. The molecule has 144 valence electrons. The Hall–Kier alpha value is -2.31. The number of hydrogen-bond acceptors (Lipinski definition) is 4. The van der Waals surface area contributed by atoms with Gasteiger partial charge in [-0.05, 0) is 37.5 Å². The fourth-order valence-corrected chi connectivity index (χ4v) is 3.52. The van der Waals surface area contributed by atoms with E-state index in [1.54, 1.807) is 34.7 Å². The maximum absolute atomic E-state index is 12.7. The number of benzene rings is 1. The number of pyridine rings is 1. The van der Waals surface area contributed by atoms with Crippen LogP contribution in [0.5, 0.6) is 5.75 Å². The van der Waals surface area contributed by atoms with Gasteiger partial charge in [-0.25, -0.2) is 0 Å². The predicted octanol–water partition coefficient (Wildman–Crippen LogP) is 2.33. The molecule has 7 heteroatoms. The Morgan fingerprint density at radius 1 is 1.26 bits per heavy atom. The highest BCUT2D eigenvalue weighted by Crippen LogP contribution is 2.33. The molecule has 1 saturated heterocycles. The summed E-state index contributed by atoms with van der Waals surface area (Å²) in [5.74, 6) is 0.158. The first-order chi connectivity index (χ1) is 12.8. The van der Waals surface area contributed by atoms with Crippen LogP contribution in [0.1, 0.15) is 24.1 Å². The number of carbonyl (C=O) groups is 1. The molecule has 1 aromatic heterocycles. The van der Waals surface area contributed by atoms with Crippen LogP contribution in [0, 0.1) is 6.92 Å². The van der Waals surface area contributed by atoms with Gasteiger partial charge in [-0.1, -0.05) is 23.7 Å². The fourth-order valence-electron chi connectivity index (χ4n) is 3.39. The fraction of sp³-hybridized carbons (Fsp3) is 0.400. The third kappa shape index (κ3) is 4.17. The molecule has 1 aliphatic rings. The Morgan fingerprint density at radius 2 is 1.89 bits per heavy atom. The number of piperidine rings is 1. The molecular formula is C20H23ClN2O4. The average molecular weight is 391 g/mol. The van der Waals surface area contributed by atoms with Crippen LogP contribution in [0.2, 0.25) is 5.02 Å². The maximum atomic E-state index is 12.7. The smallest absolute Gasteiger partial charge is 0.242 e. The van der Waals surface area contributed by atoms with Crippen LogP contribution >= 0.6 is 11.6 Å². The largest absolute Gasteiger partial charge is 0.491 e. The minimum Gasteiger partial charge on any atom is -0.491 e. The Kier molecular flexibility index (Phi) is 5.58. The highest BCUT2D eigenvalue weighted by molar-refractivity contribution is 6.30. The van der Waals surface area contributed by atoms with E-state index in [2.05, 4.69) is 0 Å². The molecule has 27 heavy (non-hydrogen) atoms. The lowest BCUT2D eigenvalue weighted by molar-refractivity contribution is -0.136. The molecule has 1 aliphatic heterocycles. The third-order valence-corrected chi connectivity index (χ3v) is 5.41. The van der Waals surface area contributed by atoms with Gasteiger partial charge in [-0.15, -0.1) is 0 Å². The summed E-state index contributed by atoms with van der Waals surface area (Å²) in [4.78, 5) is 26.2. The van der Waals surface area contributed by atoms with Gasteiger partial charge in [0.15, 0.2) is 5.75 Å². The lowest BCUT2D eigenvalue weighted by atomic mass is 9.84. The van der Waals surface area contributed by atoms with Gasteiger partial charge in [0.1, 0.15) is 6.54 Å². The predicted molar refractivity (Wildman–Crippen MR) is 103 cm³/mol. The van der Waals surface area contributed by atoms with Crippen molar-refractivity contribution in [1.29, 1.82) is 0 Å². The molecule has 1 fully saturated rings. The van der Waals surface area contributed by atoms with Crippen molar-refractivity contribution < 1.29 is 14.6 Å².